The number of hydrogen-bond donors (Lipinski definition) is 2. The predicted octanol–water partition coefficient (Wildman–Crippen LogP) is 0.887. The van der Waals surface area contributed by atoms with E-state index >= 15 is 0 Å². The van der Waals surface area contributed by atoms with Crippen LogP contribution >= 0.6 is 0 Å². The Morgan fingerprint density at radius 1 is 1.35 bits per heavy atom. The Balaban J connectivity index is 1.79. The van der Waals surface area contributed by atoms with Crippen LogP contribution in [0.1, 0.15) is 28.8 Å². The zero-order chi connectivity index (χ0) is 16.6. The molecule has 2 heterocycles. The molecule has 2 amide bonds. The van der Waals surface area contributed by atoms with Gasteiger partial charge in [0.25, 0.3) is 5.91 Å². The highest BCUT2D eigenvalue weighted by Gasteiger charge is 2.46. The van der Waals surface area contributed by atoms with Crippen LogP contribution in [0, 0.1) is 0 Å². The summed E-state index contributed by atoms with van der Waals surface area (Å²) in [6.45, 7) is 0.373. The smallest absolute Gasteiger partial charge is 0.337 e. The molecule has 1 atom stereocenters. The number of benzene rings is 1. The number of amides is 2. The molecule has 0 spiro atoms. The van der Waals surface area contributed by atoms with Crippen molar-refractivity contribution in [2.75, 3.05) is 25.5 Å². The lowest BCUT2D eigenvalue weighted by Gasteiger charge is -2.23. The molecule has 1 aromatic carbocycles. The van der Waals surface area contributed by atoms with Crippen molar-refractivity contribution < 1.29 is 24.2 Å². The van der Waals surface area contributed by atoms with Crippen molar-refractivity contribution >= 4 is 23.5 Å². The third-order valence-corrected chi connectivity index (χ3v) is 4.55. The molecule has 1 fully saturated rings. The Labute approximate surface area is 133 Å². The van der Waals surface area contributed by atoms with Crippen LogP contribution in [0.2, 0.25) is 0 Å². The van der Waals surface area contributed by atoms with Crippen LogP contribution in [0.5, 0.6) is 0 Å². The van der Waals surface area contributed by atoms with Gasteiger partial charge in [-0.15, -0.1) is 0 Å². The lowest BCUT2D eigenvalue weighted by molar-refractivity contribution is -0.160. The molecule has 23 heavy (non-hydrogen) atoms. The first-order valence-electron chi connectivity index (χ1n) is 7.46. The van der Waals surface area contributed by atoms with Gasteiger partial charge in [0, 0.05) is 37.7 Å². The molecule has 2 aliphatic rings. The summed E-state index contributed by atoms with van der Waals surface area (Å²) in [5.74, 6) is -1.30. The van der Waals surface area contributed by atoms with Gasteiger partial charge >= 0.3 is 5.97 Å². The second-order valence-corrected chi connectivity index (χ2v) is 5.90. The molecule has 2 N–H and O–H groups in total. The molecule has 0 bridgehead atoms. The molecular weight excluding hydrogens is 300 g/mol. The van der Waals surface area contributed by atoms with Gasteiger partial charge in [0.1, 0.15) is 0 Å². The number of carbonyl (C=O) groups excluding carboxylic acids is 2. The van der Waals surface area contributed by atoms with Crippen molar-refractivity contribution in [2.45, 2.75) is 24.9 Å². The summed E-state index contributed by atoms with van der Waals surface area (Å²) in [7, 11) is 1.35. The fourth-order valence-electron chi connectivity index (χ4n) is 3.08. The van der Waals surface area contributed by atoms with Crippen LogP contribution < -0.4 is 5.32 Å². The maximum Gasteiger partial charge on any atom is 0.337 e. The van der Waals surface area contributed by atoms with Gasteiger partial charge in [0.2, 0.25) is 5.91 Å². The fourth-order valence-corrected chi connectivity index (χ4v) is 3.08. The van der Waals surface area contributed by atoms with E-state index in [0.717, 1.165) is 11.3 Å². The Hall–Kier alpha value is -2.41. The first-order chi connectivity index (χ1) is 10.9. The van der Waals surface area contributed by atoms with Crippen LogP contribution in [0.3, 0.4) is 0 Å². The van der Waals surface area contributed by atoms with E-state index in [0.29, 0.717) is 24.9 Å². The van der Waals surface area contributed by atoms with E-state index in [1.165, 1.54) is 12.0 Å². The lowest BCUT2D eigenvalue weighted by Crippen LogP contribution is -2.44. The van der Waals surface area contributed by atoms with Gasteiger partial charge in [-0.05, 0) is 30.2 Å². The highest BCUT2D eigenvalue weighted by atomic mass is 16.5. The van der Waals surface area contributed by atoms with E-state index in [9.17, 15) is 19.5 Å². The van der Waals surface area contributed by atoms with Crippen molar-refractivity contribution in [3.8, 4) is 0 Å². The number of carbonyl (C=O) groups is 3. The number of anilines is 1. The number of methoxy groups -OCH3 is 1. The Bertz CT molecular complexity index is 687. The normalized spacial score (nSPS) is 23.3. The minimum absolute atomic E-state index is 0.0255. The minimum Gasteiger partial charge on any atom is -0.479 e. The molecule has 1 unspecified atom stereocenters. The molecule has 7 heteroatoms. The number of rotatable bonds is 3. The molecule has 122 valence electrons. The predicted molar refractivity (Wildman–Crippen MR) is 81.3 cm³/mol. The number of carboxylic acid groups (broad SMARTS) is 1. The molecule has 7 nitrogen and oxygen atoms in total. The first kappa shape index (κ1) is 15.5. The number of likely N-dealkylation sites (tertiary alicyclic amines) is 1. The Morgan fingerprint density at radius 3 is 2.78 bits per heavy atom. The number of hydrogen-bond acceptors (Lipinski definition) is 4. The lowest BCUT2D eigenvalue weighted by atomic mass is 10.00. The third kappa shape index (κ3) is 2.68. The van der Waals surface area contributed by atoms with E-state index in [4.69, 9.17) is 4.74 Å². The van der Waals surface area contributed by atoms with Gasteiger partial charge in [0.15, 0.2) is 5.60 Å². The second-order valence-electron chi connectivity index (χ2n) is 5.90. The van der Waals surface area contributed by atoms with Crippen LogP contribution in [0.15, 0.2) is 18.2 Å². The summed E-state index contributed by atoms with van der Waals surface area (Å²) in [5, 5.41) is 12.1. The highest BCUT2D eigenvalue weighted by Crippen LogP contribution is 2.28. The topological polar surface area (TPSA) is 95.9 Å². The highest BCUT2D eigenvalue weighted by molar-refractivity contribution is 5.98. The molecule has 0 aromatic heterocycles. The Morgan fingerprint density at radius 2 is 2.13 bits per heavy atom. The second kappa shape index (κ2) is 5.66. The number of fused-ring (bicyclic) bond motifs is 1. The number of nitrogens with zero attached hydrogens (tertiary/aromatic N) is 1. The van der Waals surface area contributed by atoms with E-state index < -0.39 is 11.6 Å². The zero-order valence-corrected chi connectivity index (χ0v) is 12.8. The fraction of sp³-hybridized carbons (Fsp3) is 0.438. The SMILES string of the molecule is COC1(C(=O)O)CCN(C(=O)c2ccc3c(c2)CCC(=O)N3)C1. The molecule has 1 saturated heterocycles. The molecule has 2 aliphatic heterocycles. The van der Waals surface area contributed by atoms with Crippen LogP contribution in [0.25, 0.3) is 0 Å². The first-order valence-corrected chi connectivity index (χ1v) is 7.46. The van der Waals surface area contributed by atoms with E-state index in [-0.39, 0.29) is 24.8 Å². The van der Waals surface area contributed by atoms with Gasteiger partial charge in [-0.1, -0.05) is 0 Å². The molecular formula is C16H18N2O5. The standard InChI is InChI=1S/C16H18N2O5/c1-23-16(15(21)22)6-7-18(9-16)14(20)11-2-4-12-10(8-11)3-5-13(19)17-12/h2,4,8H,3,5-7,9H2,1H3,(H,17,19)(H,21,22). The molecule has 0 aliphatic carbocycles. The molecule has 1 aromatic rings. The zero-order valence-electron chi connectivity index (χ0n) is 12.8. The van der Waals surface area contributed by atoms with Gasteiger partial charge in [0.05, 0.1) is 6.54 Å². The molecule has 0 radical (unpaired) electrons. The van der Waals surface area contributed by atoms with E-state index in [2.05, 4.69) is 5.32 Å². The van der Waals surface area contributed by atoms with Gasteiger partial charge in [-0.25, -0.2) is 4.79 Å². The van der Waals surface area contributed by atoms with E-state index in [1.807, 2.05) is 0 Å². The maximum atomic E-state index is 12.6. The average Bonchev–Trinajstić information content (AvgIpc) is 2.99. The minimum atomic E-state index is -1.32. The summed E-state index contributed by atoms with van der Waals surface area (Å²) in [5.41, 5.74) is 0.830. The van der Waals surface area contributed by atoms with Crippen molar-refractivity contribution in [1.82, 2.24) is 4.90 Å². The number of carboxylic acids is 1. The van der Waals surface area contributed by atoms with Gasteiger partial charge < -0.3 is 20.1 Å². The van der Waals surface area contributed by atoms with Gasteiger partial charge in [-0.2, -0.15) is 0 Å². The molecule has 3 rings (SSSR count). The van der Waals surface area contributed by atoms with Crippen LogP contribution in [-0.2, 0) is 20.7 Å². The summed E-state index contributed by atoms with van der Waals surface area (Å²) in [6, 6.07) is 5.14. The average molecular weight is 318 g/mol. The monoisotopic (exact) mass is 318 g/mol. The van der Waals surface area contributed by atoms with Crippen molar-refractivity contribution in [3.63, 3.8) is 0 Å². The Kier molecular flexibility index (Phi) is 3.81. The number of aliphatic carboxylic acids is 1. The number of nitrogens with one attached hydrogen (secondary N) is 1. The van der Waals surface area contributed by atoms with Crippen molar-refractivity contribution in [1.29, 1.82) is 0 Å². The van der Waals surface area contributed by atoms with Crippen molar-refractivity contribution in [2.24, 2.45) is 0 Å². The summed E-state index contributed by atoms with van der Waals surface area (Å²) in [4.78, 5) is 36.9. The van der Waals surface area contributed by atoms with Crippen molar-refractivity contribution in [3.05, 3.63) is 29.3 Å². The quantitative estimate of drug-likeness (QED) is 0.863. The van der Waals surface area contributed by atoms with Crippen LogP contribution in [0.4, 0.5) is 5.69 Å². The van der Waals surface area contributed by atoms with E-state index in [1.54, 1.807) is 18.2 Å². The third-order valence-electron chi connectivity index (χ3n) is 4.55. The maximum absolute atomic E-state index is 12.6. The van der Waals surface area contributed by atoms with Crippen LogP contribution in [-0.4, -0.2) is 53.6 Å². The largest absolute Gasteiger partial charge is 0.479 e. The summed E-state index contributed by atoms with van der Waals surface area (Å²) >= 11 is 0. The number of aryl methyl sites for hydroxylation is 1. The summed E-state index contributed by atoms with van der Waals surface area (Å²) in [6.07, 6.45) is 1.27. The molecule has 0 saturated carbocycles. The summed E-state index contributed by atoms with van der Waals surface area (Å²) < 4.78 is 5.14. The number of ether oxygens (including phenoxy) is 1. The van der Waals surface area contributed by atoms with Gasteiger partial charge in [-0.3, -0.25) is 9.59 Å².